The van der Waals surface area contributed by atoms with E-state index in [1.807, 2.05) is 55.5 Å². The van der Waals surface area contributed by atoms with E-state index >= 15 is 0 Å². The van der Waals surface area contributed by atoms with Gasteiger partial charge in [0.05, 0.1) is 12.1 Å². The van der Waals surface area contributed by atoms with Crippen LogP contribution in [0.15, 0.2) is 61.2 Å². The SMILES string of the molecule is C=CCN1C(=O)[C@@]2(OC(=O)C[C@@H]2c2ccccc2)c2cc(C)ccc21. The Morgan fingerprint density at radius 3 is 2.72 bits per heavy atom. The monoisotopic (exact) mass is 333 g/mol. The van der Waals surface area contributed by atoms with Crippen molar-refractivity contribution in [2.45, 2.75) is 24.9 Å². The lowest BCUT2D eigenvalue weighted by Gasteiger charge is -2.28. The fourth-order valence-electron chi connectivity index (χ4n) is 3.99. The standard InChI is InChI=1S/C21H19NO3/c1-3-11-22-18-10-9-14(2)12-17(18)21(20(22)24)16(13-19(23)25-21)15-7-5-4-6-8-15/h3-10,12,16H,1,11,13H2,2H3/t16-,21+/m1/s1. The van der Waals surface area contributed by atoms with Gasteiger partial charge in [-0.15, -0.1) is 6.58 Å². The van der Waals surface area contributed by atoms with Crippen molar-refractivity contribution in [1.82, 2.24) is 0 Å². The highest BCUT2D eigenvalue weighted by Gasteiger charge is 2.62. The van der Waals surface area contributed by atoms with Gasteiger partial charge in [0.25, 0.3) is 5.91 Å². The quantitative estimate of drug-likeness (QED) is 0.638. The second kappa shape index (κ2) is 5.59. The zero-order chi connectivity index (χ0) is 17.6. The molecule has 2 heterocycles. The van der Waals surface area contributed by atoms with E-state index < -0.39 is 5.60 Å². The molecule has 25 heavy (non-hydrogen) atoms. The van der Waals surface area contributed by atoms with Crippen LogP contribution in [0.25, 0.3) is 0 Å². The van der Waals surface area contributed by atoms with E-state index in [0.29, 0.717) is 6.54 Å². The van der Waals surface area contributed by atoms with E-state index in [1.54, 1.807) is 11.0 Å². The van der Waals surface area contributed by atoms with Crippen molar-refractivity contribution in [3.63, 3.8) is 0 Å². The van der Waals surface area contributed by atoms with E-state index in [4.69, 9.17) is 4.74 Å². The number of carbonyl (C=O) groups is 2. The molecule has 1 fully saturated rings. The van der Waals surface area contributed by atoms with Crippen LogP contribution in [0.3, 0.4) is 0 Å². The molecule has 126 valence electrons. The molecular formula is C21H19NO3. The van der Waals surface area contributed by atoms with E-state index in [-0.39, 0.29) is 24.2 Å². The number of esters is 1. The number of fused-ring (bicyclic) bond motifs is 2. The smallest absolute Gasteiger partial charge is 0.308 e. The Bertz CT molecular complexity index is 874. The lowest BCUT2D eigenvalue weighted by atomic mass is 9.77. The topological polar surface area (TPSA) is 46.6 Å². The number of carbonyl (C=O) groups excluding carboxylic acids is 2. The van der Waals surface area contributed by atoms with Crippen molar-refractivity contribution >= 4 is 17.6 Å². The molecule has 0 radical (unpaired) electrons. The molecule has 1 amide bonds. The summed E-state index contributed by atoms with van der Waals surface area (Å²) in [5.74, 6) is -0.855. The van der Waals surface area contributed by atoms with Crippen LogP contribution in [0.5, 0.6) is 0 Å². The first kappa shape index (κ1) is 15.6. The molecule has 4 rings (SSSR count). The summed E-state index contributed by atoms with van der Waals surface area (Å²) < 4.78 is 5.78. The molecule has 0 unspecified atom stereocenters. The van der Waals surface area contributed by atoms with Gasteiger partial charge in [0.15, 0.2) is 0 Å². The summed E-state index contributed by atoms with van der Waals surface area (Å²) in [6.07, 6.45) is 1.89. The van der Waals surface area contributed by atoms with Crippen LogP contribution < -0.4 is 4.90 Å². The van der Waals surface area contributed by atoms with Crippen molar-refractivity contribution in [3.05, 3.63) is 77.9 Å². The van der Waals surface area contributed by atoms with Gasteiger partial charge in [0.1, 0.15) is 0 Å². The Morgan fingerprint density at radius 2 is 2.00 bits per heavy atom. The van der Waals surface area contributed by atoms with Gasteiger partial charge in [0, 0.05) is 18.0 Å². The zero-order valence-electron chi connectivity index (χ0n) is 14.1. The maximum absolute atomic E-state index is 13.4. The molecule has 0 aliphatic carbocycles. The minimum atomic E-state index is -1.27. The highest BCUT2D eigenvalue weighted by Crippen LogP contribution is 2.55. The highest BCUT2D eigenvalue weighted by atomic mass is 16.6. The molecule has 4 heteroatoms. The van der Waals surface area contributed by atoms with Gasteiger partial charge in [0.2, 0.25) is 5.60 Å². The second-order valence-corrected chi connectivity index (χ2v) is 6.60. The van der Waals surface area contributed by atoms with E-state index in [2.05, 4.69) is 6.58 Å². The molecule has 2 aliphatic heterocycles. The van der Waals surface area contributed by atoms with Crippen LogP contribution in [-0.4, -0.2) is 18.4 Å². The highest BCUT2D eigenvalue weighted by molar-refractivity contribution is 6.10. The molecule has 2 atom stereocenters. The summed E-state index contributed by atoms with van der Waals surface area (Å²) in [5.41, 5.74) is 2.27. The van der Waals surface area contributed by atoms with Crippen LogP contribution in [0.4, 0.5) is 5.69 Å². The summed E-state index contributed by atoms with van der Waals surface area (Å²) in [7, 11) is 0. The van der Waals surface area contributed by atoms with Crippen LogP contribution in [0, 0.1) is 6.92 Å². The molecule has 2 aliphatic rings. The largest absolute Gasteiger partial charge is 0.443 e. The number of benzene rings is 2. The number of nitrogens with zero attached hydrogens (tertiary/aromatic N) is 1. The van der Waals surface area contributed by atoms with Gasteiger partial charge in [-0.05, 0) is 24.6 Å². The van der Waals surface area contributed by atoms with Crippen molar-refractivity contribution in [2.24, 2.45) is 0 Å². The number of anilines is 1. The Kier molecular flexibility index (Phi) is 3.49. The fourth-order valence-corrected chi connectivity index (χ4v) is 3.99. The number of rotatable bonds is 3. The van der Waals surface area contributed by atoms with Crippen LogP contribution in [0.2, 0.25) is 0 Å². The average Bonchev–Trinajstić information content (AvgIpc) is 3.08. The number of hydrogen-bond acceptors (Lipinski definition) is 3. The number of ether oxygens (including phenoxy) is 1. The van der Waals surface area contributed by atoms with Crippen LogP contribution in [0.1, 0.15) is 29.0 Å². The number of hydrogen-bond donors (Lipinski definition) is 0. The zero-order valence-corrected chi connectivity index (χ0v) is 14.1. The summed E-state index contributed by atoms with van der Waals surface area (Å²) in [6.45, 7) is 6.11. The van der Waals surface area contributed by atoms with Crippen LogP contribution in [-0.2, 0) is 19.9 Å². The summed E-state index contributed by atoms with van der Waals surface area (Å²) in [6, 6.07) is 15.5. The van der Waals surface area contributed by atoms with E-state index in [1.165, 1.54) is 0 Å². The van der Waals surface area contributed by atoms with Gasteiger partial charge in [-0.25, -0.2) is 0 Å². The number of amides is 1. The van der Waals surface area contributed by atoms with Crippen molar-refractivity contribution in [3.8, 4) is 0 Å². The summed E-state index contributed by atoms with van der Waals surface area (Å²) in [5, 5.41) is 0. The average molecular weight is 333 g/mol. The normalized spacial score (nSPS) is 24.5. The lowest BCUT2D eigenvalue weighted by molar-refractivity contribution is -0.157. The van der Waals surface area contributed by atoms with Gasteiger partial charge >= 0.3 is 5.97 Å². The maximum Gasteiger partial charge on any atom is 0.308 e. The molecule has 1 spiro atoms. The predicted octanol–water partition coefficient (Wildman–Crippen LogP) is 3.45. The first-order chi connectivity index (χ1) is 12.1. The Balaban J connectivity index is 1.95. The Labute approximate surface area is 146 Å². The third-order valence-electron chi connectivity index (χ3n) is 5.06. The maximum atomic E-state index is 13.4. The van der Waals surface area contributed by atoms with Crippen molar-refractivity contribution in [2.75, 3.05) is 11.4 Å². The van der Waals surface area contributed by atoms with Gasteiger partial charge in [-0.1, -0.05) is 48.0 Å². The second-order valence-electron chi connectivity index (χ2n) is 6.60. The van der Waals surface area contributed by atoms with Crippen molar-refractivity contribution in [1.29, 1.82) is 0 Å². The van der Waals surface area contributed by atoms with Crippen molar-refractivity contribution < 1.29 is 14.3 Å². The summed E-state index contributed by atoms with van der Waals surface area (Å²) >= 11 is 0. The molecule has 2 aromatic rings. The molecular weight excluding hydrogens is 314 g/mol. The van der Waals surface area contributed by atoms with Gasteiger partial charge in [-0.2, -0.15) is 0 Å². The Hall–Kier alpha value is -2.88. The molecule has 1 saturated heterocycles. The van der Waals surface area contributed by atoms with E-state index in [9.17, 15) is 9.59 Å². The molecule has 4 nitrogen and oxygen atoms in total. The number of aryl methyl sites for hydroxylation is 1. The predicted molar refractivity (Wildman–Crippen MR) is 95.3 cm³/mol. The van der Waals surface area contributed by atoms with Gasteiger partial charge < -0.3 is 9.64 Å². The molecule has 0 bridgehead atoms. The third-order valence-corrected chi connectivity index (χ3v) is 5.06. The molecule has 0 N–H and O–H groups in total. The minimum absolute atomic E-state index is 0.187. The molecule has 0 saturated carbocycles. The van der Waals surface area contributed by atoms with Crippen LogP contribution >= 0.6 is 0 Å². The summed E-state index contributed by atoms with van der Waals surface area (Å²) in [4.78, 5) is 27.4. The first-order valence-electron chi connectivity index (χ1n) is 8.38. The lowest BCUT2D eigenvalue weighted by Crippen LogP contribution is -2.43. The van der Waals surface area contributed by atoms with Gasteiger partial charge in [-0.3, -0.25) is 9.59 Å². The fraction of sp³-hybridized carbons (Fsp3) is 0.238. The van der Waals surface area contributed by atoms with E-state index in [0.717, 1.165) is 22.4 Å². The minimum Gasteiger partial charge on any atom is -0.443 e. The Morgan fingerprint density at radius 1 is 1.24 bits per heavy atom. The first-order valence-corrected chi connectivity index (χ1v) is 8.38. The molecule has 2 aromatic carbocycles. The third kappa shape index (κ3) is 2.14. The molecule has 0 aromatic heterocycles.